The summed E-state index contributed by atoms with van der Waals surface area (Å²) in [5.74, 6) is 1.02. The van der Waals surface area contributed by atoms with Crippen molar-refractivity contribution in [2.24, 2.45) is 5.41 Å². The second-order valence-electron chi connectivity index (χ2n) is 5.17. The number of Topliss-reactive ketones (excluding diaryl/α,β-unsaturated/α-hetero) is 2. The summed E-state index contributed by atoms with van der Waals surface area (Å²) in [4.78, 5) is 25.6. The zero-order chi connectivity index (χ0) is 12.1. The third-order valence-corrected chi connectivity index (χ3v) is 7.61. The van der Waals surface area contributed by atoms with E-state index in [9.17, 15) is 9.59 Å². The maximum Gasteiger partial charge on any atom is 0.187 e. The summed E-state index contributed by atoms with van der Waals surface area (Å²) in [5, 5.41) is 0. The Morgan fingerprint density at radius 1 is 1.00 bits per heavy atom. The Hall–Kier alpha value is 0.130. The van der Waals surface area contributed by atoms with Crippen LogP contribution in [0.2, 0.25) is 0 Å². The minimum Gasteiger partial charge on any atom is -0.293 e. The molecule has 2 nitrogen and oxygen atoms in total. The molecule has 2 fully saturated rings. The first-order valence-electron chi connectivity index (χ1n) is 5.08. The predicted molar refractivity (Wildman–Crippen MR) is 72.5 cm³/mol. The van der Waals surface area contributed by atoms with Gasteiger partial charge in [0.2, 0.25) is 0 Å². The number of rotatable bonds is 0. The van der Waals surface area contributed by atoms with Crippen LogP contribution < -0.4 is 0 Å². The van der Waals surface area contributed by atoms with Crippen LogP contribution in [0, 0.1) is 5.41 Å². The highest BCUT2D eigenvalue weighted by molar-refractivity contribution is 8.80. The molecule has 0 saturated carbocycles. The van der Waals surface area contributed by atoms with E-state index in [2.05, 4.69) is 0 Å². The molecule has 2 heterocycles. The van der Waals surface area contributed by atoms with Gasteiger partial charge in [0.25, 0.3) is 0 Å². The van der Waals surface area contributed by atoms with Crippen LogP contribution >= 0.6 is 33.3 Å². The summed E-state index contributed by atoms with van der Waals surface area (Å²) in [6, 6.07) is 0. The zero-order valence-corrected chi connectivity index (χ0v) is 12.2. The lowest BCUT2D eigenvalue weighted by atomic mass is 9.90. The summed E-state index contributed by atoms with van der Waals surface area (Å²) in [5.41, 5.74) is -0.314. The smallest absolute Gasteiger partial charge is 0.187 e. The van der Waals surface area contributed by atoms with Gasteiger partial charge in [-0.25, -0.2) is 0 Å². The first-order chi connectivity index (χ1) is 7.26. The molecule has 0 aromatic heterocycles. The molecule has 88 valence electrons. The van der Waals surface area contributed by atoms with Crippen LogP contribution in [-0.2, 0) is 9.59 Å². The van der Waals surface area contributed by atoms with Crippen LogP contribution in [-0.4, -0.2) is 22.1 Å². The molecule has 0 N–H and O–H groups in total. The fourth-order valence-electron chi connectivity index (χ4n) is 1.50. The average molecular weight is 274 g/mol. The van der Waals surface area contributed by atoms with Crippen molar-refractivity contribution >= 4 is 44.9 Å². The topological polar surface area (TPSA) is 34.1 Å². The number of carbonyl (C=O) groups is 2. The maximum absolute atomic E-state index is 12.1. The molecule has 0 amide bonds. The number of carbonyl (C=O) groups excluding carboxylic acids is 2. The molecule has 16 heavy (non-hydrogen) atoms. The lowest BCUT2D eigenvalue weighted by molar-refractivity contribution is -0.121. The van der Waals surface area contributed by atoms with Gasteiger partial charge in [0.05, 0.1) is 14.6 Å². The van der Waals surface area contributed by atoms with Gasteiger partial charge >= 0.3 is 0 Å². The minimum absolute atomic E-state index is 0.107. The highest BCUT2D eigenvalue weighted by atomic mass is 33.1. The molecule has 2 aliphatic rings. The lowest BCUT2D eigenvalue weighted by Crippen LogP contribution is -2.25. The largest absolute Gasteiger partial charge is 0.293 e. The van der Waals surface area contributed by atoms with Gasteiger partial charge in [0, 0.05) is 11.2 Å². The maximum atomic E-state index is 12.1. The minimum atomic E-state index is -0.388. The van der Waals surface area contributed by atoms with Crippen molar-refractivity contribution in [3.8, 4) is 0 Å². The molecule has 0 unspecified atom stereocenters. The Bertz CT molecular complexity index is 369. The molecule has 0 radical (unpaired) electrons. The lowest BCUT2D eigenvalue weighted by Gasteiger charge is -2.12. The van der Waals surface area contributed by atoms with Crippen molar-refractivity contribution in [1.82, 2.24) is 0 Å². The number of hydrogen-bond acceptors (Lipinski definition) is 5. The first-order valence-corrected chi connectivity index (χ1v) is 8.21. The van der Waals surface area contributed by atoms with Crippen molar-refractivity contribution in [3.63, 3.8) is 0 Å². The van der Waals surface area contributed by atoms with Crippen LogP contribution in [0.3, 0.4) is 0 Å². The number of ketones is 2. The molecule has 0 aromatic carbocycles. The van der Waals surface area contributed by atoms with Gasteiger partial charge in [0.1, 0.15) is 0 Å². The van der Waals surface area contributed by atoms with Gasteiger partial charge in [-0.15, -0.1) is 11.8 Å². The zero-order valence-electron chi connectivity index (χ0n) is 9.75. The van der Waals surface area contributed by atoms with Crippen LogP contribution in [0.4, 0.5) is 0 Å². The Kier molecular flexibility index (Phi) is 3.00. The third-order valence-electron chi connectivity index (χ3n) is 2.69. The van der Waals surface area contributed by atoms with E-state index in [4.69, 9.17) is 0 Å². The third kappa shape index (κ3) is 1.87. The van der Waals surface area contributed by atoms with Gasteiger partial charge < -0.3 is 0 Å². The SMILES string of the molecule is CC1(C)CS/C(=C2\SSC(C)(C)C2=O)C1=O. The van der Waals surface area contributed by atoms with E-state index >= 15 is 0 Å². The average Bonchev–Trinajstić information content (AvgIpc) is 2.57. The summed E-state index contributed by atoms with van der Waals surface area (Å²) >= 11 is 1.53. The fourth-order valence-corrected chi connectivity index (χ4v) is 5.84. The van der Waals surface area contributed by atoms with E-state index in [0.29, 0.717) is 9.81 Å². The normalized spacial score (nSPS) is 32.5. The molecular weight excluding hydrogens is 260 g/mol. The van der Waals surface area contributed by atoms with Gasteiger partial charge in [-0.2, -0.15) is 0 Å². The highest BCUT2D eigenvalue weighted by Crippen LogP contribution is 2.55. The van der Waals surface area contributed by atoms with Crippen LogP contribution in [0.5, 0.6) is 0 Å². The molecule has 2 aliphatic heterocycles. The Morgan fingerprint density at radius 3 is 2.00 bits per heavy atom. The Labute approximate surface area is 108 Å². The Balaban J connectivity index is 2.40. The van der Waals surface area contributed by atoms with Gasteiger partial charge in [-0.05, 0) is 13.8 Å². The molecule has 0 bridgehead atoms. The van der Waals surface area contributed by atoms with E-state index in [0.717, 1.165) is 5.75 Å². The summed E-state index contributed by atoms with van der Waals surface area (Å²) in [7, 11) is 3.01. The van der Waals surface area contributed by atoms with Crippen molar-refractivity contribution < 1.29 is 9.59 Å². The second kappa shape index (κ2) is 3.82. The monoisotopic (exact) mass is 274 g/mol. The van der Waals surface area contributed by atoms with Gasteiger partial charge in [-0.3, -0.25) is 9.59 Å². The Morgan fingerprint density at radius 2 is 1.62 bits per heavy atom. The summed E-state index contributed by atoms with van der Waals surface area (Å²) in [6.45, 7) is 7.71. The summed E-state index contributed by atoms with van der Waals surface area (Å²) in [6.07, 6.45) is 0. The first kappa shape index (κ1) is 12.6. The molecule has 0 spiro atoms. The molecule has 2 rings (SSSR count). The standard InChI is InChI=1S/C11H14O2S3/c1-10(2)5-14-6(8(10)12)7-9(13)11(3,4)16-15-7/h5H2,1-4H3/b7-6-. The van der Waals surface area contributed by atoms with Crippen molar-refractivity contribution in [1.29, 1.82) is 0 Å². The molecule has 2 saturated heterocycles. The predicted octanol–water partition coefficient (Wildman–Crippen LogP) is 3.28. The number of thioether (sulfide) groups is 1. The van der Waals surface area contributed by atoms with Crippen LogP contribution in [0.15, 0.2) is 9.81 Å². The molecule has 0 aromatic rings. The van der Waals surface area contributed by atoms with Crippen LogP contribution in [0.25, 0.3) is 0 Å². The van der Waals surface area contributed by atoms with E-state index in [1.807, 2.05) is 27.7 Å². The molecule has 0 atom stereocenters. The van der Waals surface area contributed by atoms with Crippen molar-refractivity contribution in [2.75, 3.05) is 5.75 Å². The number of hydrogen-bond donors (Lipinski definition) is 0. The van der Waals surface area contributed by atoms with Gasteiger partial charge in [0.15, 0.2) is 11.6 Å². The van der Waals surface area contributed by atoms with Crippen LogP contribution in [0.1, 0.15) is 27.7 Å². The van der Waals surface area contributed by atoms with E-state index in [-0.39, 0.29) is 21.7 Å². The molecule has 5 heteroatoms. The number of allylic oxidation sites excluding steroid dienone is 2. The summed E-state index contributed by atoms with van der Waals surface area (Å²) < 4.78 is -0.388. The highest BCUT2D eigenvalue weighted by Gasteiger charge is 2.46. The van der Waals surface area contributed by atoms with E-state index in [1.54, 1.807) is 10.8 Å². The molecular formula is C11H14O2S3. The van der Waals surface area contributed by atoms with E-state index in [1.165, 1.54) is 22.6 Å². The van der Waals surface area contributed by atoms with Gasteiger partial charge in [-0.1, -0.05) is 35.4 Å². The van der Waals surface area contributed by atoms with Crippen molar-refractivity contribution in [2.45, 2.75) is 32.4 Å². The van der Waals surface area contributed by atoms with Crippen molar-refractivity contribution in [3.05, 3.63) is 9.81 Å². The van der Waals surface area contributed by atoms with E-state index < -0.39 is 0 Å². The molecule has 0 aliphatic carbocycles. The second-order valence-corrected chi connectivity index (χ2v) is 8.91. The fraction of sp³-hybridized carbons (Fsp3) is 0.636. The quantitative estimate of drug-likeness (QED) is 0.500.